The summed E-state index contributed by atoms with van der Waals surface area (Å²) in [4.78, 5) is 45.2. The molecule has 0 heterocycles. The summed E-state index contributed by atoms with van der Waals surface area (Å²) in [6.45, 7) is 8.17. The molecule has 0 amide bonds. The van der Waals surface area contributed by atoms with Gasteiger partial charge in [-0.15, -0.1) is 9.78 Å². The number of unbranched alkanes of at least 4 members (excludes halogenated alkanes) is 7. The zero-order chi connectivity index (χ0) is 26.7. The normalized spacial score (nSPS) is 11.0. The summed E-state index contributed by atoms with van der Waals surface area (Å²) < 4.78 is 0. The van der Waals surface area contributed by atoms with Gasteiger partial charge >= 0.3 is 18.2 Å². The molecule has 0 bridgehead atoms. The number of benzene rings is 2. The number of carbonyl (C=O) groups excluding carboxylic acids is 2. The second-order valence-electron chi connectivity index (χ2n) is 9.25. The lowest BCUT2D eigenvalue weighted by Crippen LogP contribution is -2.16. The summed E-state index contributed by atoms with van der Waals surface area (Å²) in [5, 5.41) is 0. The average Bonchev–Trinajstić information content (AvgIpc) is 2.92. The van der Waals surface area contributed by atoms with Gasteiger partial charge in [0.15, 0.2) is 0 Å². The number of rotatable bonds is 19. The van der Waals surface area contributed by atoms with Crippen molar-refractivity contribution >= 4 is 11.9 Å². The second-order valence-corrected chi connectivity index (χ2v) is 9.25. The molecule has 0 aliphatic carbocycles. The molecule has 0 saturated carbocycles. The lowest BCUT2D eigenvalue weighted by Gasteiger charge is -2.13. The van der Waals surface area contributed by atoms with Crippen molar-refractivity contribution in [1.82, 2.24) is 0 Å². The lowest BCUT2D eigenvalue weighted by atomic mass is 10.1. The predicted octanol–water partition coefficient (Wildman–Crippen LogP) is 8.30. The van der Waals surface area contributed by atoms with Crippen LogP contribution in [0.2, 0.25) is 0 Å². The first kappa shape index (κ1) is 30.5. The molecule has 2 radical (unpaired) electrons. The molecule has 0 saturated heterocycles. The van der Waals surface area contributed by atoms with Gasteiger partial charge < -0.3 is 0 Å². The highest BCUT2D eigenvalue weighted by atomic mass is 17.3. The van der Waals surface area contributed by atoms with Crippen molar-refractivity contribution in [3.05, 3.63) is 84.0 Å². The van der Waals surface area contributed by atoms with E-state index in [1.807, 2.05) is 24.3 Å². The van der Waals surface area contributed by atoms with Gasteiger partial charge in [0.2, 0.25) is 0 Å². The first-order chi connectivity index (χ1) is 18.1. The van der Waals surface area contributed by atoms with Crippen LogP contribution in [0, 0.1) is 13.2 Å². The van der Waals surface area contributed by atoms with E-state index in [-0.39, 0.29) is 6.29 Å². The third-order valence-electron chi connectivity index (χ3n) is 6.07. The minimum atomic E-state index is -0.649. The van der Waals surface area contributed by atoms with E-state index in [1.54, 1.807) is 24.3 Å². The molecule has 0 unspecified atom stereocenters. The smallest absolute Gasteiger partial charge is 0.289 e. The van der Waals surface area contributed by atoms with Crippen LogP contribution in [0.1, 0.15) is 116 Å². The molecule has 0 aliphatic heterocycles. The van der Waals surface area contributed by atoms with Gasteiger partial charge in [-0.05, 0) is 67.5 Å². The molecular weight excluding hydrogens is 468 g/mol. The van der Waals surface area contributed by atoms with Gasteiger partial charge in [-0.2, -0.15) is 0 Å². The van der Waals surface area contributed by atoms with Gasteiger partial charge in [0.05, 0.1) is 11.1 Å². The molecule has 0 N–H and O–H groups in total. The first-order valence-corrected chi connectivity index (χ1v) is 13.7. The summed E-state index contributed by atoms with van der Waals surface area (Å²) in [6.07, 6.45) is 12.5. The maximum atomic E-state index is 12.5. The monoisotopic (exact) mass is 510 g/mol. The van der Waals surface area contributed by atoms with E-state index in [9.17, 15) is 9.59 Å². The molecule has 0 atom stereocenters. The summed E-state index contributed by atoms with van der Waals surface area (Å²) in [7, 11) is 0. The van der Waals surface area contributed by atoms with Crippen LogP contribution >= 0.6 is 0 Å². The maximum Gasteiger partial charge on any atom is 0.373 e. The van der Waals surface area contributed by atoms with E-state index in [2.05, 4.69) is 20.8 Å². The SMILES string of the molecule is [CH2]CCCCC[C](OOC(=O)c1ccc(CCCCC)cc1)OOC(=O)c1ccc(CCCCC)cc1. The molecule has 6 heteroatoms. The Kier molecular flexibility index (Phi) is 15.3. The second kappa shape index (κ2) is 18.5. The Labute approximate surface area is 222 Å². The summed E-state index contributed by atoms with van der Waals surface area (Å²) >= 11 is 0. The standard InChI is InChI=1S/C31H42O6/c1-4-7-10-13-16-29(34-36-30(32)27-21-17-25(18-22-27)14-11-8-5-2)35-37-31(33)28-23-19-26(20-24-28)15-12-9-6-3/h17-24H,1,4-16H2,2-3H3. The molecule has 2 aromatic carbocycles. The Morgan fingerprint density at radius 2 is 1.05 bits per heavy atom. The van der Waals surface area contributed by atoms with Gasteiger partial charge in [-0.3, -0.25) is 9.78 Å². The molecule has 0 aromatic heterocycles. The number of carbonyl (C=O) groups is 2. The van der Waals surface area contributed by atoms with Crippen molar-refractivity contribution in [1.29, 1.82) is 0 Å². The molecule has 2 aromatic rings. The van der Waals surface area contributed by atoms with E-state index in [1.165, 1.54) is 36.8 Å². The Morgan fingerprint density at radius 3 is 1.46 bits per heavy atom. The van der Waals surface area contributed by atoms with Crippen molar-refractivity contribution in [2.45, 2.75) is 97.3 Å². The van der Waals surface area contributed by atoms with E-state index in [0.717, 1.165) is 44.9 Å². The van der Waals surface area contributed by atoms with Gasteiger partial charge in [-0.25, -0.2) is 9.59 Å². The zero-order valence-electron chi connectivity index (χ0n) is 22.5. The highest BCUT2D eigenvalue weighted by Crippen LogP contribution is 2.19. The van der Waals surface area contributed by atoms with Crippen molar-refractivity contribution in [3.8, 4) is 0 Å². The molecule has 2 rings (SSSR count). The molecular formula is C31H42O6. The van der Waals surface area contributed by atoms with Crippen LogP contribution in [-0.4, -0.2) is 11.9 Å². The Morgan fingerprint density at radius 1 is 0.595 bits per heavy atom. The molecule has 0 spiro atoms. The molecule has 37 heavy (non-hydrogen) atoms. The van der Waals surface area contributed by atoms with Crippen LogP contribution in [0.3, 0.4) is 0 Å². The number of aryl methyl sites for hydroxylation is 2. The number of hydrogen-bond donors (Lipinski definition) is 0. The highest BCUT2D eigenvalue weighted by molar-refractivity contribution is 5.89. The molecule has 0 fully saturated rings. The fourth-order valence-corrected chi connectivity index (χ4v) is 3.76. The van der Waals surface area contributed by atoms with Crippen LogP contribution in [0.5, 0.6) is 0 Å². The average molecular weight is 511 g/mol. The predicted molar refractivity (Wildman–Crippen MR) is 144 cm³/mol. The fraction of sp³-hybridized carbons (Fsp3) is 0.484. The number of hydrogen-bond acceptors (Lipinski definition) is 6. The third kappa shape index (κ3) is 12.4. The van der Waals surface area contributed by atoms with Crippen molar-refractivity contribution in [2.75, 3.05) is 0 Å². The van der Waals surface area contributed by atoms with Gasteiger partial charge in [0.25, 0.3) is 0 Å². The van der Waals surface area contributed by atoms with Crippen LogP contribution in [0.4, 0.5) is 0 Å². The lowest BCUT2D eigenvalue weighted by molar-refractivity contribution is -0.363. The van der Waals surface area contributed by atoms with E-state index < -0.39 is 11.9 Å². The fourth-order valence-electron chi connectivity index (χ4n) is 3.76. The molecule has 202 valence electrons. The zero-order valence-corrected chi connectivity index (χ0v) is 22.5. The van der Waals surface area contributed by atoms with Crippen LogP contribution in [0.15, 0.2) is 48.5 Å². The van der Waals surface area contributed by atoms with Crippen molar-refractivity contribution in [2.24, 2.45) is 0 Å². The summed E-state index contributed by atoms with van der Waals surface area (Å²) in [5.41, 5.74) is 3.08. The first-order valence-electron chi connectivity index (χ1n) is 13.7. The van der Waals surface area contributed by atoms with Crippen LogP contribution in [0.25, 0.3) is 0 Å². The van der Waals surface area contributed by atoms with Crippen molar-refractivity contribution < 1.29 is 29.1 Å². The van der Waals surface area contributed by atoms with E-state index in [0.29, 0.717) is 24.0 Å². The third-order valence-corrected chi connectivity index (χ3v) is 6.07. The van der Waals surface area contributed by atoms with E-state index >= 15 is 0 Å². The summed E-state index contributed by atoms with van der Waals surface area (Å²) in [5.74, 6) is -1.30. The Hall–Kier alpha value is -2.70. The van der Waals surface area contributed by atoms with Crippen LogP contribution in [-0.2, 0) is 32.4 Å². The minimum Gasteiger partial charge on any atom is -0.289 e. The molecule has 0 aliphatic rings. The van der Waals surface area contributed by atoms with Crippen molar-refractivity contribution in [3.63, 3.8) is 0 Å². The topological polar surface area (TPSA) is 71.1 Å². The maximum absolute atomic E-state index is 12.5. The van der Waals surface area contributed by atoms with Gasteiger partial charge in [0.1, 0.15) is 0 Å². The van der Waals surface area contributed by atoms with Gasteiger partial charge in [-0.1, -0.05) is 90.0 Å². The Balaban J connectivity index is 1.86. The molecule has 6 nitrogen and oxygen atoms in total. The highest BCUT2D eigenvalue weighted by Gasteiger charge is 2.21. The Bertz CT molecular complexity index is 821. The summed E-state index contributed by atoms with van der Waals surface area (Å²) in [6, 6.07) is 14.5. The largest absolute Gasteiger partial charge is 0.373 e. The van der Waals surface area contributed by atoms with E-state index in [4.69, 9.17) is 19.6 Å². The van der Waals surface area contributed by atoms with Crippen LogP contribution < -0.4 is 0 Å². The van der Waals surface area contributed by atoms with Gasteiger partial charge in [0, 0.05) is 6.42 Å². The minimum absolute atomic E-state index is 0.0851. The quantitative estimate of drug-likeness (QED) is 0.107.